The number of hydrogen-bond acceptors (Lipinski definition) is 6. The number of nitrogens with zero attached hydrogens (tertiary/aromatic N) is 1. The Kier molecular flexibility index (Phi) is 8.60. The summed E-state index contributed by atoms with van der Waals surface area (Å²) >= 11 is 0. The van der Waals surface area contributed by atoms with E-state index in [4.69, 9.17) is 15.1 Å². The van der Waals surface area contributed by atoms with Crippen molar-refractivity contribution in [3.63, 3.8) is 0 Å². The summed E-state index contributed by atoms with van der Waals surface area (Å²) < 4.78 is 4.98. The first-order valence-corrected chi connectivity index (χ1v) is 7.90. The molecule has 0 spiro atoms. The number of rotatable bonds is 9. The second kappa shape index (κ2) is 10.7. The molecule has 0 aliphatic heterocycles. The average molecular weight is 363 g/mol. The molecule has 26 heavy (non-hydrogen) atoms. The fourth-order valence-electron chi connectivity index (χ4n) is 2.02. The fourth-order valence-corrected chi connectivity index (χ4v) is 2.02. The van der Waals surface area contributed by atoms with Crippen LogP contribution in [-0.4, -0.2) is 46.4 Å². The summed E-state index contributed by atoms with van der Waals surface area (Å²) in [5, 5.41) is 31.7. The van der Waals surface area contributed by atoms with Gasteiger partial charge < -0.3 is 25.6 Å². The van der Waals surface area contributed by atoms with Gasteiger partial charge in [0.05, 0.1) is 12.2 Å². The third-order valence-electron chi connectivity index (χ3n) is 3.41. The number of carboxylic acids is 1. The molecule has 140 valence electrons. The summed E-state index contributed by atoms with van der Waals surface area (Å²) in [6, 6.07) is 7.94. The highest BCUT2D eigenvalue weighted by atomic mass is 16.5. The zero-order valence-corrected chi connectivity index (χ0v) is 14.2. The molecule has 0 radical (unpaired) electrons. The van der Waals surface area contributed by atoms with E-state index in [1.165, 1.54) is 6.92 Å². The van der Waals surface area contributed by atoms with Crippen LogP contribution in [-0.2, 0) is 20.9 Å². The van der Waals surface area contributed by atoms with Crippen LogP contribution in [0.25, 0.3) is 0 Å². The van der Waals surface area contributed by atoms with Crippen molar-refractivity contribution in [1.29, 1.82) is 5.26 Å². The maximum Gasteiger partial charge on any atom is 0.408 e. The molecule has 4 N–H and O–H groups in total. The smallest absolute Gasteiger partial charge is 0.408 e. The van der Waals surface area contributed by atoms with Crippen LogP contribution in [0.3, 0.4) is 0 Å². The lowest BCUT2D eigenvalue weighted by Crippen LogP contribution is -2.55. The number of aliphatic hydroxyl groups excluding tert-OH is 1. The van der Waals surface area contributed by atoms with Gasteiger partial charge in [0.2, 0.25) is 5.91 Å². The van der Waals surface area contributed by atoms with Crippen LogP contribution in [0.15, 0.2) is 30.3 Å². The average Bonchev–Trinajstić information content (AvgIpc) is 2.61. The van der Waals surface area contributed by atoms with E-state index in [2.05, 4.69) is 10.6 Å². The Hall–Kier alpha value is -3.12. The van der Waals surface area contributed by atoms with Gasteiger partial charge in [-0.25, -0.2) is 9.59 Å². The molecule has 0 aliphatic carbocycles. The molecule has 1 aromatic carbocycles. The van der Waals surface area contributed by atoms with Crippen molar-refractivity contribution in [1.82, 2.24) is 10.6 Å². The standard InChI is InChI=1S/C17H21N3O6/c1-11(21)14(15(22)19-13(16(23)24)8-5-9-18)20-17(25)26-10-12-6-3-2-4-7-12/h2-4,6-7,11,13-14,21H,5,8,10H2,1H3,(H,19,22)(H,20,25)(H,23,24)/t11-,13-,14+/m1/s1. The predicted molar refractivity (Wildman–Crippen MR) is 89.6 cm³/mol. The minimum atomic E-state index is -1.40. The first-order chi connectivity index (χ1) is 12.3. The van der Waals surface area contributed by atoms with Gasteiger partial charge in [0.1, 0.15) is 18.7 Å². The van der Waals surface area contributed by atoms with Gasteiger partial charge in [-0.3, -0.25) is 4.79 Å². The monoisotopic (exact) mass is 363 g/mol. The van der Waals surface area contributed by atoms with Crippen LogP contribution in [0.2, 0.25) is 0 Å². The highest BCUT2D eigenvalue weighted by Crippen LogP contribution is 2.03. The van der Waals surface area contributed by atoms with Gasteiger partial charge in [-0.15, -0.1) is 0 Å². The molecule has 2 amide bonds. The molecule has 1 aromatic rings. The van der Waals surface area contributed by atoms with Crippen LogP contribution < -0.4 is 10.6 Å². The van der Waals surface area contributed by atoms with Gasteiger partial charge in [-0.2, -0.15) is 5.26 Å². The molecule has 0 aromatic heterocycles. The lowest BCUT2D eigenvalue weighted by Gasteiger charge is -2.22. The van der Waals surface area contributed by atoms with Gasteiger partial charge in [0.25, 0.3) is 0 Å². The molecule has 9 nitrogen and oxygen atoms in total. The molecule has 3 atom stereocenters. The number of aliphatic carboxylic acids is 1. The van der Waals surface area contributed by atoms with Crippen LogP contribution in [0.5, 0.6) is 0 Å². The zero-order valence-electron chi connectivity index (χ0n) is 14.2. The number of alkyl carbamates (subject to hydrolysis) is 1. The number of nitriles is 1. The molecule has 0 unspecified atom stereocenters. The van der Waals surface area contributed by atoms with Crippen LogP contribution in [0, 0.1) is 11.3 Å². The van der Waals surface area contributed by atoms with Gasteiger partial charge in [0.15, 0.2) is 0 Å². The number of benzene rings is 1. The Balaban J connectivity index is 2.63. The van der Waals surface area contributed by atoms with Crippen molar-refractivity contribution < 1.29 is 29.3 Å². The molecule has 0 saturated heterocycles. The second-order valence-electron chi connectivity index (χ2n) is 5.52. The first-order valence-electron chi connectivity index (χ1n) is 7.90. The number of carbonyl (C=O) groups excluding carboxylic acids is 2. The van der Waals surface area contributed by atoms with Crippen molar-refractivity contribution in [2.45, 2.75) is 44.6 Å². The fraction of sp³-hybridized carbons (Fsp3) is 0.412. The number of nitrogens with one attached hydrogen (secondary N) is 2. The van der Waals surface area contributed by atoms with Crippen molar-refractivity contribution in [3.8, 4) is 6.07 Å². The summed E-state index contributed by atoms with van der Waals surface area (Å²) in [6.45, 7) is 1.24. The Morgan fingerprint density at radius 1 is 1.23 bits per heavy atom. The Morgan fingerprint density at radius 2 is 1.88 bits per heavy atom. The summed E-state index contributed by atoms with van der Waals surface area (Å²) in [7, 11) is 0. The zero-order chi connectivity index (χ0) is 19.5. The summed E-state index contributed by atoms with van der Waals surface area (Å²) in [5.41, 5.74) is 0.739. The van der Waals surface area contributed by atoms with E-state index in [1.54, 1.807) is 30.3 Å². The van der Waals surface area contributed by atoms with Gasteiger partial charge in [-0.1, -0.05) is 30.3 Å². The number of hydrogen-bond donors (Lipinski definition) is 4. The molecule has 9 heteroatoms. The highest BCUT2D eigenvalue weighted by molar-refractivity contribution is 5.89. The lowest BCUT2D eigenvalue weighted by molar-refractivity contribution is -0.142. The molecule has 1 rings (SSSR count). The summed E-state index contributed by atoms with van der Waals surface area (Å²) in [4.78, 5) is 35.1. The Labute approximate surface area is 150 Å². The van der Waals surface area contributed by atoms with Crippen molar-refractivity contribution in [3.05, 3.63) is 35.9 Å². The topological polar surface area (TPSA) is 149 Å². The quantitative estimate of drug-likeness (QED) is 0.500. The number of aliphatic hydroxyl groups is 1. The number of carbonyl (C=O) groups is 3. The molecule has 0 heterocycles. The molecular formula is C17H21N3O6. The van der Waals surface area contributed by atoms with E-state index >= 15 is 0 Å². The maximum atomic E-state index is 12.2. The molecule has 0 aliphatic rings. The van der Waals surface area contributed by atoms with Crippen LogP contribution >= 0.6 is 0 Å². The molecular weight excluding hydrogens is 342 g/mol. The predicted octanol–water partition coefficient (Wildman–Crippen LogP) is 0.535. The number of amides is 2. The van der Waals surface area contributed by atoms with Crippen molar-refractivity contribution >= 4 is 18.0 Å². The van der Waals surface area contributed by atoms with E-state index < -0.39 is 36.2 Å². The van der Waals surface area contributed by atoms with Crippen molar-refractivity contribution in [2.24, 2.45) is 0 Å². The Morgan fingerprint density at radius 3 is 2.42 bits per heavy atom. The van der Waals surface area contributed by atoms with E-state index in [9.17, 15) is 19.5 Å². The third kappa shape index (κ3) is 7.19. The van der Waals surface area contributed by atoms with Crippen LogP contribution in [0.4, 0.5) is 4.79 Å². The Bertz CT molecular complexity index is 656. The second-order valence-corrected chi connectivity index (χ2v) is 5.52. The minimum Gasteiger partial charge on any atom is -0.480 e. The summed E-state index contributed by atoms with van der Waals surface area (Å²) in [6.07, 6.45) is -2.38. The van der Waals surface area contributed by atoms with E-state index in [0.29, 0.717) is 0 Å². The van der Waals surface area contributed by atoms with Crippen LogP contribution in [0.1, 0.15) is 25.3 Å². The molecule has 0 bridgehead atoms. The summed E-state index contributed by atoms with van der Waals surface area (Å²) in [5.74, 6) is -2.20. The van der Waals surface area contributed by atoms with Gasteiger partial charge in [-0.05, 0) is 18.9 Å². The maximum absolute atomic E-state index is 12.2. The van der Waals surface area contributed by atoms with E-state index in [-0.39, 0.29) is 19.4 Å². The third-order valence-corrected chi connectivity index (χ3v) is 3.41. The number of ether oxygens (including phenoxy) is 1. The minimum absolute atomic E-state index is 0.0270. The van der Waals surface area contributed by atoms with Crippen molar-refractivity contribution in [2.75, 3.05) is 0 Å². The molecule has 0 fully saturated rings. The van der Waals surface area contributed by atoms with E-state index in [1.807, 2.05) is 6.07 Å². The first kappa shape index (κ1) is 20.9. The normalized spacial score (nSPS) is 13.6. The van der Waals surface area contributed by atoms with Gasteiger partial charge >= 0.3 is 12.1 Å². The highest BCUT2D eigenvalue weighted by Gasteiger charge is 2.30. The molecule has 0 saturated carbocycles. The lowest BCUT2D eigenvalue weighted by atomic mass is 10.1. The van der Waals surface area contributed by atoms with Gasteiger partial charge in [0, 0.05) is 6.42 Å². The SMILES string of the molecule is C[C@@H](O)[C@H](NC(=O)OCc1ccccc1)C(=O)N[C@H](CCC#N)C(=O)O. The largest absolute Gasteiger partial charge is 0.480 e. The number of carboxylic acid groups (broad SMARTS) is 1. The van der Waals surface area contributed by atoms with E-state index in [0.717, 1.165) is 5.56 Å².